The summed E-state index contributed by atoms with van der Waals surface area (Å²) in [5, 5.41) is 2.85. The van der Waals surface area contributed by atoms with Crippen LogP contribution in [0.1, 0.15) is 34.6 Å². The van der Waals surface area contributed by atoms with Crippen LogP contribution in [0.15, 0.2) is 0 Å². The molecule has 0 bridgehead atoms. The maximum absolute atomic E-state index is 11.6. The molecule has 16 heavy (non-hydrogen) atoms. The SMILES string of the molecule is COC(CNC(=O)C(C)(C)C)COC(C)C. The van der Waals surface area contributed by atoms with Gasteiger partial charge in [0, 0.05) is 19.1 Å². The van der Waals surface area contributed by atoms with Gasteiger partial charge in [-0.15, -0.1) is 0 Å². The standard InChI is InChI=1S/C12H25NO3/c1-9(2)16-8-10(15-6)7-13-11(14)12(3,4)5/h9-10H,7-8H2,1-6H3,(H,13,14). The fourth-order valence-electron chi connectivity index (χ4n) is 0.982. The van der Waals surface area contributed by atoms with E-state index in [9.17, 15) is 4.79 Å². The van der Waals surface area contributed by atoms with Gasteiger partial charge in [-0.2, -0.15) is 0 Å². The lowest BCUT2D eigenvalue weighted by atomic mass is 9.96. The summed E-state index contributed by atoms with van der Waals surface area (Å²) in [7, 11) is 1.62. The Kier molecular flexibility index (Phi) is 6.60. The molecule has 4 heteroatoms. The van der Waals surface area contributed by atoms with Gasteiger partial charge in [-0.25, -0.2) is 0 Å². The molecule has 1 N–H and O–H groups in total. The molecule has 0 spiro atoms. The van der Waals surface area contributed by atoms with E-state index in [1.807, 2.05) is 34.6 Å². The Labute approximate surface area is 98.7 Å². The van der Waals surface area contributed by atoms with Crippen molar-refractivity contribution in [3.63, 3.8) is 0 Å². The normalized spacial score (nSPS) is 13.9. The average molecular weight is 231 g/mol. The molecule has 1 amide bonds. The number of hydrogen-bond acceptors (Lipinski definition) is 3. The Morgan fingerprint density at radius 2 is 1.88 bits per heavy atom. The van der Waals surface area contributed by atoms with Gasteiger partial charge in [-0.1, -0.05) is 20.8 Å². The van der Waals surface area contributed by atoms with Gasteiger partial charge in [-0.3, -0.25) is 4.79 Å². The zero-order chi connectivity index (χ0) is 12.8. The summed E-state index contributed by atoms with van der Waals surface area (Å²) >= 11 is 0. The number of ether oxygens (including phenoxy) is 2. The van der Waals surface area contributed by atoms with Crippen LogP contribution in [0, 0.1) is 5.41 Å². The first-order valence-electron chi connectivity index (χ1n) is 5.70. The molecule has 1 unspecified atom stereocenters. The highest BCUT2D eigenvalue weighted by Crippen LogP contribution is 2.12. The van der Waals surface area contributed by atoms with Gasteiger partial charge < -0.3 is 14.8 Å². The molecule has 0 heterocycles. The Balaban J connectivity index is 3.92. The second kappa shape index (κ2) is 6.86. The minimum Gasteiger partial charge on any atom is -0.377 e. The van der Waals surface area contributed by atoms with Gasteiger partial charge in [0.1, 0.15) is 0 Å². The molecule has 0 saturated heterocycles. The largest absolute Gasteiger partial charge is 0.377 e. The smallest absolute Gasteiger partial charge is 0.225 e. The summed E-state index contributed by atoms with van der Waals surface area (Å²) in [4.78, 5) is 11.6. The van der Waals surface area contributed by atoms with Crippen molar-refractivity contribution in [3.05, 3.63) is 0 Å². The van der Waals surface area contributed by atoms with Gasteiger partial charge in [0.2, 0.25) is 5.91 Å². The van der Waals surface area contributed by atoms with Gasteiger partial charge in [0.05, 0.1) is 18.8 Å². The zero-order valence-electron chi connectivity index (χ0n) is 11.3. The molecular formula is C12H25NO3. The fraction of sp³-hybridized carbons (Fsp3) is 0.917. The second-order valence-electron chi connectivity index (χ2n) is 5.20. The van der Waals surface area contributed by atoms with E-state index in [2.05, 4.69) is 5.32 Å². The van der Waals surface area contributed by atoms with Crippen molar-refractivity contribution in [2.24, 2.45) is 5.41 Å². The first-order chi connectivity index (χ1) is 7.27. The molecular weight excluding hydrogens is 206 g/mol. The minimum atomic E-state index is -0.364. The zero-order valence-corrected chi connectivity index (χ0v) is 11.3. The quantitative estimate of drug-likeness (QED) is 0.755. The lowest BCUT2D eigenvalue weighted by molar-refractivity contribution is -0.129. The number of carbonyl (C=O) groups is 1. The van der Waals surface area contributed by atoms with Gasteiger partial charge >= 0.3 is 0 Å². The highest BCUT2D eigenvalue weighted by atomic mass is 16.5. The molecule has 0 aromatic rings. The van der Waals surface area contributed by atoms with Gasteiger partial charge in [0.15, 0.2) is 0 Å². The van der Waals surface area contributed by atoms with E-state index in [0.29, 0.717) is 13.2 Å². The lowest BCUT2D eigenvalue weighted by Crippen LogP contribution is -2.41. The first-order valence-corrected chi connectivity index (χ1v) is 5.70. The maximum Gasteiger partial charge on any atom is 0.225 e. The molecule has 0 rings (SSSR count). The van der Waals surface area contributed by atoms with Crippen LogP contribution in [-0.2, 0) is 14.3 Å². The van der Waals surface area contributed by atoms with E-state index in [-0.39, 0.29) is 23.5 Å². The number of nitrogens with one attached hydrogen (secondary N) is 1. The lowest BCUT2D eigenvalue weighted by Gasteiger charge is -2.21. The van der Waals surface area contributed by atoms with Crippen LogP contribution in [-0.4, -0.2) is 38.4 Å². The van der Waals surface area contributed by atoms with E-state index in [1.54, 1.807) is 7.11 Å². The molecule has 0 aliphatic carbocycles. The Morgan fingerprint density at radius 3 is 2.25 bits per heavy atom. The Hall–Kier alpha value is -0.610. The fourth-order valence-corrected chi connectivity index (χ4v) is 0.982. The van der Waals surface area contributed by atoms with E-state index in [0.717, 1.165) is 0 Å². The number of methoxy groups -OCH3 is 1. The molecule has 0 fully saturated rings. The highest BCUT2D eigenvalue weighted by Gasteiger charge is 2.21. The average Bonchev–Trinajstić information content (AvgIpc) is 2.15. The molecule has 1 atom stereocenters. The molecule has 0 radical (unpaired) electrons. The molecule has 0 aromatic heterocycles. The first kappa shape index (κ1) is 15.4. The monoisotopic (exact) mass is 231 g/mol. The van der Waals surface area contributed by atoms with Crippen LogP contribution >= 0.6 is 0 Å². The van der Waals surface area contributed by atoms with Crippen molar-refractivity contribution >= 4 is 5.91 Å². The van der Waals surface area contributed by atoms with Crippen molar-refractivity contribution in [1.82, 2.24) is 5.32 Å². The maximum atomic E-state index is 11.6. The third kappa shape index (κ3) is 6.80. The molecule has 0 aliphatic heterocycles. The number of carbonyl (C=O) groups excluding carboxylic acids is 1. The number of amides is 1. The van der Waals surface area contributed by atoms with Crippen molar-refractivity contribution < 1.29 is 14.3 Å². The molecule has 0 aromatic carbocycles. The second-order valence-corrected chi connectivity index (χ2v) is 5.20. The van der Waals surface area contributed by atoms with Crippen molar-refractivity contribution in [1.29, 1.82) is 0 Å². The number of rotatable bonds is 6. The molecule has 96 valence electrons. The van der Waals surface area contributed by atoms with E-state index < -0.39 is 0 Å². The Morgan fingerprint density at radius 1 is 1.31 bits per heavy atom. The predicted molar refractivity (Wildman–Crippen MR) is 64.3 cm³/mol. The minimum absolute atomic E-state index is 0.0269. The van der Waals surface area contributed by atoms with Crippen LogP contribution in [0.2, 0.25) is 0 Å². The van der Waals surface area contributed by atoms with Crippen LogP contribution in [0.3, 0.4) is 0 Å². The highest BCUT2D eigenvalue weighted by molar-refractivity contribution is 5.81. The summed E-state index contributed by atoms with van der Waals surface area (Å²) in [6.45, 7) is 10.6. The van der Waals surface area contributed by atoms with Crippen molar-refractivity contribution in [3.8, 4) is 0 Å². The van der Waals surface area contributed by atoms with E-state index >= 15 is 0 Å². The summed E-state index contributed by atoms with van der Waals surface area (Å²) in [5.74, 6) is 0.0269. The van der Waals surface area contributed by atoms with E-state index in [1.165, 1.54) is 0 Å². The van der Waals surface area contributed by atoms with Gasteiger partial charge in [-0.05, 0) is 13.8 Å². The topological polar surface area (TPSA) is 47.6 Å². The third-order valence-corrected chi connectivity index (χ3v) is 2.12. The van der Waals surface area contributed by atoms with Crippen molar-refractivity contribution in [2.75, 3.05) is 20.3 Å². The molecule has 4 nitrogen and oxygen atoms in total. The third-order valence-electron chi connectivity index (χ3n) is 2.12. The van der Waals surface area contributed by atoms with Gasteiger partial charge in [0.25, 0.3) is 0 Å². The summed E-state index contributed by atoms with van der Waals surface area (Å²) in [6, 6.07) is 0. The predicted octanol–water partition coefficient (Wildman–Crippen LogP) is 1.59. The summed E-state index contributed by atoms with van der Waals surface area (Å²) < 4.78 is 10.7. The van der Waals surface area contributed by atoms with Crippen LogP contribution in [0.5, 0.6) is 0 Å². The molecule has 0 saturated carbocycles. The van der Waals surface area contributed by atoms with Crippen molar-refractivity contribution in [2.45, 2.75) is 46.8 Å². The summed E-state index contributed by atoms with van der Waals surface area (Å²) in [5.41, 5.74) is -0.364. The number of hydrogen-bond donors (Lipinski definition) is 1. The van der Waals surface area contributed by atoms with Crippen LogP contribution in [0.25, 0.3) is 0 Å². The summed E-state index contributed by atoms with van der Waals surface area (Å²) in [6.07, 6.45) is 0.0877. The van der Waals surface area contributed by atoms with Crippen LogP contribution in [0.4, 0.5) is 0 Å². The van der Waals surface area contributed by atoms with Crippen LogP contribution < -0.4 is 5.32 Å². The molecule has 0 aliphatic rings. The Bertz CT molecular complexity index is 209. The van der Waals surface area contributed by atoms with E-state index in [4.69, 9.17) is 9.47 Å².